The predicted octanol–water partition coefficient (Wildman–Crippen LogP) is 5.70. The van der Waals surface area contributed by atoms with Crippen molar-refractivity contribution in [3.8, 4) is 5.75 Å². The summed E-state index contributed by atoms with van der Waals surface area (Å²) in [7, 11) is 0. The summed E-state index contributed by atoms with van der Waals surface area (Å²) >= 11 is 0. The minimum Gasteiger partial charge on any atom is -0.475 e. The van der Waals surface area contributed by atoms with Crippen LogP contribution < -0.4 is 4.74 Å². The van der Waals surface area contributed by atoms with Crippen LogP contribution in [0.3, 0.4) is 0 Å². The van der Waals surface area contributed by atoms with Crippen LogP contribution in [0.5, 0.6) is 5.75 Å². The number of hydrogen-bond donors (Lipinski definition) is 0. The predicted molar refractivity (Wildman–Crippen MR) is 105 cm³/mol. The summed E-state index contributed by atoms with van der Waals surface area (Å²) in [4.78, 5) is 7.12. The molecule has 4 rings (SSSR count). The average Bonchev–Trinajstić information content (AvgIpc) is 2.68. The van der Waals surface area contributed by atoms with Gasteiger partial charge in [-0.2, -0.15) is 0 Å². The van der Waals surface area contributed by atoms with Crippen molar-refractivity contribution in [1.29, 1.82) is 0 Å². The van der Waals surface area contributed by atoms with Crippen LogP contribution in [0.15, 0.2) is 24.4 Å². The van der Waals surface area contributed by atoms with Crippen LogP contribution in [0.4, 0.5) is 0 Å². The number of ether oxygens (including phenoxy) is 1. The first kappa shape index (κ1) is 18.2. The van der Waals surface area contributed by atoms with Crippen LogP contribution >= 0.6 is 0 Å². The van der Waals surface area contributed by atoms with E-state index >= 15 is 0 Å². The fraction of sp³-hybridized carbons (Fsp3) is 0.591. The molecule has 1 aliphatic carbocycles. The molecule has 2 aromatic rings. The van der Waals surface area contributed by atoms with Crippen LogP contribution in [0.25, 0.3) is 10.9 Å². The van der Waals surface area contributed by atoms with Gasteiger partial charge < -0.3 is 4.74 Å². The van der Waals surface area contributed by atoms with Gasteiger partial charge in [0.1, 0.15) is 12.2 Å². The molecule has 2 aliphatic rings. The Kier molecular flexibility index (Phi) is 6.30. The molecule has 1 saturated carbocycles. The first-order chi connectivity index (χ1) is 12.3. The lowest BCUT2D eigenvalue weighted by Crippen LogP contribution is -2.41. The Hall–Kier alpha value is -1.61. The normalized spacial score (nSPS) is 18.2. The highest BCUT2D eigenvalue weighted by molar-refractivity contribution is 5.89. The lowest BCUT2D eigenvalue weighted by molar-refractivity contribution is 0.0413. The van der Waals surface area contributed by atoms with Crippen molar-refractivity contribution in [3.63, 3.8) is 0 Å². The zero-order valence-electron chi connectivity index (χ0n) is 16.1. The van der Waals surface area contributed by atoms with Gasteiger partial charge in [-0.25, -0.2) is 0 Å². The highest BCUT2D eigenvalue weighted by Crippen LogP contribution is 2.36. The molecule has 3 nitrogen and oxygen atoms in total. The molecule has 0 amide bonds. The molecule has 1 aromatic heterocycles. The fourth-order valence-electron chi connectivity index (χ4n) is 4.01. The molecule has 25 heavy (non-hydrogen) atoms. The monoisotopic (exact) mass is 340 g/mol. The lowest BCUT2D eigenvalue weighted by Gasteiger charge is -2.37. The summed E-state index contributed by atoms with van der Waals surface area (Å²) < 4.78 is 6.17. The largest absolute Gasteiger partial charge is 0.475 e. The van der Waals surface area contributed by atoms with Crippen molar-refractivity contribution in [2.24, 2.45) is 0 Å². The van der Waals surface area contributed by atoms with E-state index in [0.717, 1.165) is 31.0 Å². The molecule has 0 saturated heterocycles. The number of hydrogen-bond acceptors (Lipinski definition) is 3. The second kappa shape index (κ2) is 8.66. The molecule has 3 heteroatoms. The van der Waals surface area contributed by atoms with E-state index in [1.165, 1.54) is 55.0 Å². The molecule has 2 heterocycles. The molecule has 1 aromatic carbocycles. The number of rotatable bonds is 2. The topological polar surface area (TPSA) is 25.4 Å². The number of aromatic nitrogens is 1. The van der Waals surface area contributed by atoms with Crippen molar-refractivity contribution in [2.75, 3.05) is 6.73 Å². The van der Waals surface area contributed by atoms with Crippen molar-refractivity contribution >= 4 is 10.9 Å². The highest BCUT2D eigenvalue weighted by Gasteiger charge is 2.27. The van der Waals surface area contributed by atoms with Gasteiger partial charge in [0.15, 0.2) is 5.75 Å². The summed E-state index contributed by atoms with van der Waals surface area (Å²) in [6.45, 7) is 8.20. The second-order valence-electron chi connectivity index (χ2n) is 7.30. The van der Waals surface area contributed by atoms with E-state index < -0.39 is 0 Å². The smallest absolute Gasteiger partial charge is 0.152 e. The van der Waals surface area contributed by atoms with Crippen LogP contribution in [0.2, 0.25) is 0 Å². The summed E-state index contributed by atoms with van der Waals surface area (Å²) in [6, 6.07) is 7.23. The maximum Gasteiger partial charge on any atom is 0.152 e. The molecular weight excluding hydrogens is 308 g/mol. The van der Waals surface area contributed by atoms with Gasteiger partial charge in [-0.15, -0.1) is 0 Å². The molecule has 136 valence electrons. The van der Waals surface area contributed by atoms with Crippen LogP contribution in [-0.2, 0) is 13.0 Å². The summed E-state index contributed by atoms with van der Waals surface area (Å²) in [5.41, 5.74) is 3.75. The molecule has 0 N–H and O–H groups in total. The van der Waals surface area contributed by atoms with E-state index in [9.17, 15) is 0 Å². The Balaban J connectivity index is 0.000000569. The standard InChI is InChI=1S/C19H24N2O.C3H8/c1-2-14-11-15-12-21(16-7-4-3-5-8-16)13-22-19(15)18-17(14)9-6-10-20-18;1-3-2/h6,9-11,16H,2-5,7-8,12-13H2,1H3;3H2,1-2H3. The lowest BCUT2D eigenvalue weighted by atomic mass is 9.93. The number of pyridine rings is 1. The summed E-state index contributed by atoms with van der Waals surface area (Å²) in [6.07, 6.45) is 10.9. The molecule has 1 fully saturated rings. The SMILES string of the molecule is CCC.CCc1cc2c(c3ncccc13)OCN(C1CCCCC1)C2. The van der Waals surface area contributed by atoms with Gasteiger partial charge in [0.2, 0.25) is 0 Å². The average molecular weight is 341 g/mol. The number of nitrogens with zero attached hydrogens (tertiary/aromatic N) is 2. The van der Waals surface area contributed by atoms with E-state index in [2.05, 4.69) is 42.8 Å². The Bertz CT molecular complexity index is 692. The Labute approximate surface area is 152 Å². The molecule has 0 spiro atoms. The van der Waals surface area contributed by atoms with E-state index in [1.54, 1.807) is 0 Å². The van der Waals surface area contributed by atoms with Crippen LogP contribution in [0.1, 0.15) is 70.4 Å². The van der Waals surface area contributed by atoms with E-state index in [-0.39, 0.29) is 0 Å². The van der Waals surface area contributed by atoms with Gasteiger partial charge in [-0.1, -0.05) is 58.6 Å². The highest BCUT2D eigenvalue weighted by atomic mass is 16.5. The van der Waals surface area contributed by atoms with Crippen molar-refractivity contribution in [3.05, 3.63) is 35.5 Å². The van der Waals surface area contributed by atoms with Crippen LogP contribution in [0, 0.1) is 0 Å². The molecule has 0 atom stereocenters. The Morgan fingerprint density at radius 2 is 1.92 bits per heavy atom. The van der Waals surface area contributed by atoms with Gasteiger partial charge >= 0.3 is 0 Å². The second-order valence-corrected chi connectivity index (χ2v) is 7.30. The number of aryl methyl sites for hydroxylation is 1. The molecule has 0 radical (unpaired) electrons. The fourth-order valence-corrected chi connectivity index (χ4v) is 4.01. The van der Waals surface area contributed by atoms with Crippen molar-refractivity contribution < 1.29 is 4.74 Å². The van der Waals surface area contributed by atoms with Crippen molar-refractivity contribution in [1.82, 2.24) is 9.88 Å². The molecular formula is C22H32N2O. The minimum atomic E-state index is 0.700. The quantitative estimate of drug-likeness (QED) is 0.701. The summed E-state index contributed by atoms with van der Waals surface area (Å²) in [5.74, 6) is 1.01. The molecule has 1 aliphatic heterocycles. The summed E-state index contributed by atoms with van der Waals surface area (Å²) in [5, 5.41) is 1.25. The van der Waals surface area contributed by atoms with Gasteiger partial charge in [-0.3, -0.25) is 9.88 Å². The minimum absolute atomic E-state index is 0.700. The zero-order valence-corrected chi connectivity index (χ0v) is 16.1. The number of benzene rings is 1. The maximum atomic E-state index is 6.17. The van der Waals surface area contributed by atoms with E-state index in [0.29, 0.717) is 6.04 Å². The van der Waals surface area contributed by atoms with Gasteiger partial charge in [0.05, 0.1) is 0 Å². The van der Waals surface area contributed by atoms with Crippen LogP contribution in [-0.4, -0.2) is 22.7 Å². The van der Waals surface area contributed by atoms with E-state index in [4.69, 9.17) is 4.74 Å². The first-order valence-electron chi connectivity index (χ1n) is 10.0. The first-order valence-corrected chi connectivity index (χ1v) is 10.0. The third kappa shape index (κ3) is 3.98. The van der Waals surface area contributed by atoms with Gasteiger partial charge in [0.25, 0.3) is 0 Å². The van der Waals surface area contributed by atoms with Crippen molar-refractivity contribution in [2.45, 2.75) is 78.3 Å². The zero-order chi connectivity index (χ0) is 17.6. The third-order valence-electron chi connectivity index (χ3n) is 5.23. The number of fused-ring (bicyclic) bond motifs is 3. The Morgan fingerprint density at radius 3 is 2.64 bits per heavy atom. The molecule has 0 bridgehead atoms. The Morgan fingerprint density at radius 1 is 1.16 bits per heavy atom. The van der Waals surface area contributed by atoms with E-state index in [1.807, 2.05) is 12.3 Å². The molecule has 0 unspecified atom stereocenters. The third-order valence-corrected chi connectivity index (χ3v) is 5.23. The maximum absolute atomic E-state index is 6.17. The van der Waals surface area contributed by atoms with Gasteiger partial charge in [0, 0.05) is 29.7 Å². The van der Waals surface area contributed by atoms with Gasteiger partial charge in [-0.05, 0) is 30.9 Å².